The standard InChI is InChI=1S/C17H30N2/c1-12(2)18-11-15(3,4)17(7-6-13-10-14(13)17)19-9-8-16(18,19)5/h12-14H,6-11H2,1-5H3. The molecule has 2 heterocycles. The molecule has 19 heavy (non-hydrogen) atoms. The smallest absolute Gasteiger partial charge is 0.0728 e. The molecule has 4 atom stereocenters. The lowest BCUT2D eigenvalue weighted by Gasteiger charge is -2.73. The van der Waals surface area contributed by atoms with Crippen LogP contribution in [-0.2, 0) is 0 Å². The monoisotopic (exact) mass is 262 g/mol. The molecule has 4 unspecified atom stereocenters. The molecular weight excluding hydrogens is 232 g/mol. The first kappa shape index (κ1) is 12.6. The minimum absolute atomic E-state index is 0.362. The van der Waals surface area contributed by atoms with E-state index in [0.29, 0.717) is 22.7 Å². The van der Waals surface area contributed by atoms with E-state index in [4.69, 9.17) is 0 Å². The molecule has 1 spiro atoms. The quantitative estimate of drug-likeness (QED) is 0.715. The molecule has 2 saturated heterocycles. The molecule has 4 rings (SSSR count). The highest BCUT2D eigenvalue weighted by Gasteiger charge is 2.73. The zero-order valence-corrected chi connectivity index (χ0v) is 13.4. The van der Waals surface area contributed by atoms with Crippen molar-refractivity contribution in [1.82, 2.24) is 9.80 Å². The molecule has 2 saturated carbocycles. The molecule has 0 aromatic heterocycles. The zero-order chi connectivity index (χ0) is 13.6. The summed E-state index contributed by atoms with van der Waals surface area (Å²) in [6, 6.07) is 0.667. The van der Waals surface area contributed by atoms with Gasteiger partial charge in [0.05, 0.1) is 5.66 Å². The summed E-state index contributed by atoms with van der Waals surface area (Å²) in [7, 11) is 0. The lowest BCUT2D eigenvalue weighted by Crippen LogP contribution is -2.83. The SMILES string of the molecule is CC(C)N1CC(C)(C)C2(CCC3CC32)N2CCC12C. The van der Waals surface area contributed by atoms with Gasteiger partial charge in [-0.15, -0.1) is 0 Å². The van der Waals surface area contributed by atoms with Crippen LogP contribution in [0.3, 0.4) is 0 Å². The van der Waals surface area contributed by atoms with Gasteiger partial charge in [-0.3, -0.25) is 9.80 Å². The summed E-state index contributed by atoms with van der Waals surface area (Å²) in [6.45, 7) is 15.0. The van der Waals surface area contributed by atoms with E-state index >= 15 is 0 Å². The maximum Gasteiger partial charge on any atom is 0.0728 e. The van der Waals surface area contributed by atoms with Crippen LogP contribution in [0.4, 0.5) is 0 Å². The van der Waals surface area contributed by atoms with Gasteiger partial charge in [-0.05, 0) is 63.7 Å². The average molecular weight is 262 g/mol. The van der Waals surface area contributed by atoms with Crippen molar-refractivity contribution in [3.63, 3.8) is 0 Å². The van der Waals surface area contributed by atoms with Crippen LogP contribution in [0, 0.1) is 17.3 Å². The van der Waals surface area contributed by atoms with Gasteiger partial charge >= 0.3 is 0 Å². The van der Waals surface area contributed by atoms with Gasteiger partial charge < -0.3 is 0 Å². The van der Waals surface area contributed by atoms with Gasteiger partial charge in [0.1, 0.15) is 0 Å². The number of hydrogen-bond acceptors (Lipinski definition) is 2. The molecule has 108 valence electrons. The molecule has 2 aliphatic carbocycles. The van der Waals surface area contributed by atoms with Crippen molar-refractivity contribution >= 4 is 0 Å². The van der Waals surface area contributed by atoms with Gasteiger partial charge in [-0.2, -0.15) is 0 Å². The third-order valence-corrected chi connectivity index (χ3v) is 7.28. The molecular formula is C17H30N2. The summed E-state index contributed by atoms with van der Waals surface area (Å²) in [5.41, 5.74) is 1.35. The predicted molar refractivity (Wildman–Crippen MR) is 78.9 cm³/mol. The minimum Gasteiger partial charge on any atom is -0.282 e. The molecule has 0 N–H and O–H groups in total. The zero-order valence-electron chi connectivity index (χ0n) is 13.4. The Bertz CT molecular complexity index is 415. The highest BCUT2D eigenvalue weighted by molar-refractivity contribution is 5.25. The van der Waals surface area contributed by atoms with Gasteiger partial charge in [0.25, 0.3) is 0 Å². The summed E-state index contributed by atoms with van der Waals surface area (Å²) in [5.74, 6) is 2.10. The average Bonchev–Trinajstić information content (AvgIpc) is 3.00. The Labute approximate surface area is 118 Å². The van der Waals surface area contributed by atoms with Crippen LogP contribution in [0.15, 0.2) is 0 Å². The normalized spacial score (nSPS) is 52.1. The predicted octanol–water partition coefficient (Wildman–Crippen LogP) is 3.33. The van der Waals surface area contributed by atoms with E-state index in [-0.39, 0.29) is 0 Å². The molecule has 0 aromatic rings. The fourth-order valence-electron chi connectivity index (χ4n) is 6.23. The first-order valence-corrected chi connectivity index (χ1v) is 8.37. The molecule has 0 amide bonds. The number of fused-ring (bicyclic) bond motifs is 4. The molecule has 4 aliphatic rings. The fraction of sp³-hybridized carbons (Fsp3) is 1.00. The topological polar surface area (TPSA) is 6.48 Å². The summed E-state index contributed by atoms with van der Waals surface area (Å²) in [4.78, 5) is 5.73. The summed E-state index contributed by atoms with van der Waals surface area (Å²) < 4.78 is 0. The van der Waals surface area contributed by atoms with E-state index in [0.717, 1.165) is 11.8 Å². The van der Waals surface area contributed by atoms with Crippen molar-refractivity contribution in [1.29, 1.82) is 0 Å². The Morgan fingerprint density at radius 3 is 2.26 bits per heavy atom. The maximum absolute atomic E-state index is 2.95. The van der Waals surface area contributed by atoms with E-state index in [1.54, 1.807) is 0 Å². The fourth-order valence-corrected chi connectivity index (χ4v) is 6.23. The number of nitrogens with zero attached hydrogens (tertiary/aromatic N) is 2. The summed E-state index contributed by atoms with van der Waals surface area (Å²) >= 11 is 0. The third-order valence-electron chi connectivity index (χ3n) is 7.28. The molecule has 2 nitrogen and oxygen atoms in total. The lowest BCUT2D eigenvalue weighted by atomic mass is 9.61. The Kier molecular flexibility index (Phi) is 2.25. The largest absolute Gasteiger partial charge is 0.282 e. The van der Waals surface area contributed by atoms with Crippen LogP contribution in [0.25, 0.3) is 0 Å². The van der Waals surface area contributed by atoms with Crippen molar-refractivity contribution in [2.24, 2.45) is 17.3 Å². The Morgan fingerprint density at radius 1 is 1.11 bits per heavy atom. The lowest BCUT2D eigenvalue weighted by molar-refractivity contribution is -0.269. The second-order valence-corrected chi connectivity index (χ2v) is 8.79. The molecule has 4 fully saturated rings. The maximum atomic E-state index is 2.95. The minimum atomic E-state index is 0.362. The second-order valence-electron chi connectivity index (χ2n) is 8.79. The van der Waals surface area contributed by atoms with E-state index < -0.39 is 0 Å². The van der Waals surface area contributed by atoms with Crippen LogP contribution in [0.2, 0.25) is 0 Å². The Morgan fingerprint density at radius 2 is 1.84 bits per heavy atom. The van der Waals surface area contributed by atoms with E-state index in [2.05, 4.69) is 44.4 Å². The highest BCUT2D eigenvalue weighted by atomic mass is 15.5. The molecule has 2 heteroatoms. The Balaban J connectivity index is 1.78. The van der Waals surface area contributed by atoms with E-state index in [1.165, 1.54) is 38.8 Å². The van der Waals surface area contributed by atoms with Crippen LogP contribution >= 0.6 is 0 Å². The van der Waals surface area contributed by atoms with Gasteiger partial charge in [0.2, 0.25) is 0 Å². The van der Waals surface area contributed by atoms with Crippen LogP contribution in [0.5, 0.6) is 0 Å². The van der Waals surface area contributed by atoms with Crippen LogP contribution in [0.1, 0.15) is 60.3 Å². The van der Waals surface area contributed by atoms with E-state index in [1.807, 2.05) is 0 Å². The van der Waals surface area contributed by atoms with Crippen molar-refractivity contribution in [2.75, 3.05) is 13.1 Å². The number of rotatable bonds is 1. The van der Waals surface area contributed by atoms with Crippen molar-refractivity contribution in [3.05, 3.63) is 0 Å². The van der Waals surface area contributed by atoms with Crippen molar-refractivity contribution in [2.45, 2.75) is 77.5 Å². The molecule has 2 aliphatic heterocycles. The molecule has 0 aromatic carbocycles. The summed E-state index contributed by atoms with van der Waals surface area (Å²) in [6.07, 6.45) is 5.87. The van der Waals surface area contributed by atoms with Crippen LogP contribution in [-0.4, -0.2) is 40.1 Å². The third kappa shape index (κ3) is 1.26. The first-order chi connectivity index (χ1) is 8.83. The first-order valence-electron chi connectivity index (χ1n) is 8.37. The van der Waals surface area contributed by atoms with E-state index in [9.17, 15) is 0 Å². The van der Waals surface area contributed by atoms with Gasteiger partial charge in [0.15, 0.2) is 0 Å². The number of hydrogen-bond donors (Lipinski definition) is 0. The summed E-state index contributed by atoms with van der Waals surface area (Å²) in [5, 5.41) is 0. The Hall–Kier alpha value is -0.0800. The van der Waals surface area contributed by atoms with Gasteiger partial charge in [-0.25, -0.2) is 0 Å². The van der Waals surface area contributed by atoms with Crippen molar-refractivity contribution in [3.8, 4) is 0 Å². The van der Waals surface area contributed by atoms with Gasteiger partial charge in [-0.1, -0.05) is 13.8 Å². The molecule has 0 bridgehead atoms. The second kappa shape index (κ2) is 3.39. The highest BCUT2D eigenvalue weighted by Crippen LogP contribution is 2.69. The molecule has 0 radical (unpaired) electrons. The van der Waals surface area contributed by atoms with Gasteiger partial charge in [0, 0.05) is 24.7 Å². The van der Waals surface area contributed by atoms with Crippen molar-refractivity contribution < 1.29 is 0 Å². The van der Waals surface area contributed by atoms with Crippen LogP contribution < -0.4 is 0 Å².